The van der Waals surface area contributed by atoms with Crippen molar-refractivity contribution in [3.05, 3.63) is 0 Å². The lowest BCUT2D eigenvalue weighted by Crippen LogP contribution is -2.46. The highest BCUT2D eigenvalue weighted by molar-refractivity contribution is 4.85. The molecular weight excluding hydrogens is 224 g/mol. The molecule has 1 fully saturated rings. The maximum atomic E-state index is 9.10. The molecule has 1 saturated carbocycles. The van der Waals surface area contributed by atoms with Gasteiger partial charge in [0.05, 0.1) is 6.61 Å². The van der Waals surface area contributed by atoms with Crippen molar-refractivity contribution in [1.82, 2.24) is 10.2 Å². The maximum absolute atomic E-state index is 9.10. The van der Waals surface area contributed by atoms with Gasteiger partial charge in [-0.15, -0.1) is 0 Å². The SMILES string of the molecule is CCCNC1CCC(C)CC1CN(CC)CCO. The summed E-state index contributed by atoms with van der Waals surface area (Å²) in [6.07, 6.45) is 5.24. The van der Waals surface area contributed by atoms with Gasteiger partial charge in [-0.05, 0) is 50.6 Å². The quantitative estimate of drug-likeness (QED) is 0.698. The zero-order valence-corrected chi connectivity index (χ0v) is 12.5. The van der Waals surface area contributed by atoms with Gasteiger partial charge in [0.1, 0.15) is 0 Å². The Morgan fingerprint density at radius 1 is 1.28 bits per heavy atom. The van der Waals surface area contributed by atoms with E-state index in [0.29, 0.717) is 6.04 Å². The number of rotatable bonds is 8. The van der Waals surface area contributed by atoms with E-state index in [1.165, 1.54) is 25.7 Å². The summed E-state index contributed by atoms with van der Waals surface area (Å²) >= 11 is 0. The van der Waals surface area contributed by atoms with Crippen molar-refractivity contribution in [2.75, 3.05) is 32.8 Å². The minimum Gasteiger partial charge on any atom is -0.395 e. The number of nitrogens with one attached hydrogen (secondary N) is 1. The smallest absolute Gasteiger partial charge is 0.0558 e. The lowest BCUT2D eigenvalue weighted by atomic mass is 9.78. The minimum atomic E-state index is 0.281. The van der Waals surface area contributed by atoms with Gasteiger partial charge >= 0.3 is 0 Å². The van der Waals surface area contributed by atoms with E-state index in [2.05, 4.69) is 31.0 Å². The summed E-state index contributed by atoms with van der Waals surface area (Å²) in [6, 6.07) is 0.689. The van der Waals surface area contributed by atoms with Crippen molar-refractivity contribution in [3.8, 4) is 0 Å². The molecular formula is C15H32N2O. The zero-order valence-electron chi connectivity index (χ0n) is 12.5. The molecule has 0 aromatic heterocycles. The molecule has 1 aliphatic rings. The van der Waals surface area contributed by atoms with Gasteiger partial charge in [0.25, 0.3) is 0 Å². The lowest BCUT2D eigenvalue weighted by molar-refractivity contribution is 0.130. The van der Waals surface area contributed by atoms with Crippen molar-refractivity contribution >= 4 is 0 Å². The molecule has 0 spiro atoms. The van der Waals surface area contributed by atoms with Crippen LogP contribution in [0.15, 0.2) is 0 Å². The Hall–Kier alpha value is -0.120. The first-order valence-electron chi connectivity index (χ1n) is 7.77. The highest BCUT2D eigenvalue weighted by Crippen LogP contribution is 2.29. The van der Waals surface area contributed by atoms with Gasteiger partial charge in [-0.1, -0.05) is 20.8 Å². The van der Waals surface area contributed by atoms with E-state index < -0.39 is 0 Å². The summed E-state index contributed by atoms with van der Waals surface area (Å²) in [5.41, 5.74) is 0. The first-order chi connectivity index (χ1) is 8.71. The number of likely N-dealkylation sites (N-methyl/N-ethyl adjacent to an activating group) is 1. The van der Waals surface area contributed by atoms with Crippen molar-refractivity contribution in [3.63, 3.8) is 0 Å². The number of aliphatic hydroxyl groups is 1. The second kappa shape index (κ2) is 8.89. The Labute approximate surface area is 113 Å². The van der Waals surface area contributed by atoms with Crippen molar-refractivity contribution in [1.29, 1.82) is 0 Å². The van der Waals surface area contributed by atoms with Gasteiger partial charge in [0, 0.05) is 19.1 Å². The van der Waals surface area contributed by atoms with Gasteiger partial charge in [-0.2, -0.15) is 0 Å². The van der Waals surface area contributed by atoms with E-state index in [4.69, 9.17) is 5.11 Å². The van der Waals surface area contributed by atoms with E-state index in [0.717, 1.165) is 38.0 Å². The molecule has 1 aliphatic carbocycles. The Bertz CT molecular complexity index is 209. The number of nitrogens with zero attached hydrogens (tertiary/aromatic N) is 1. The van der Waals surface area contributed by atoms with Gasteiger partial charge in [0.2, 0.25) is 0 Å². The molecule has 0 aromatic rings. The second-order valence-corrected chi connectivity index (χ2v) is 5.86. The molecule has 108 valence electrons. The summed E-state index contributed by atoms with van der Waals surface area (Å²) in [4.78, 5) is 2.39. The standard InChI is InChI=1S/C15H32N2O/c1-4-8-16-15-7-6-13(3)11-14(15)12-17(5-2)9-10-18/h13-16,18H,4-12H2,1-3H3. The fourth-order valence-corrected chi connectivity index (χ4v) is 3.15. The molecule has 3 atom stereocenters. The molecule has 0 aromatic carbocycles. The van der Waals surface area contributed by atoms with Gasteiger partial charge in [-0.3, -0.25) is 0 Å². The molecule has 0 heterocycles. The van der Waals surface area contributed by atoms with Gasteiger partial charge in [0.15, 0.2) is 0 Å². The van der Waals surface area contributed by atoms with Crippen LogP contribution in [0.5, 0.6) is 0 Å². The van der Waals surface area contributed by atoms with Crippen LogP contribution in [0.4, 0.5) is 0 Å². The third-order valence-corrected chi connectivity index (χ3v) is 4.26. The van der Waals surface area contributed by atoms with Gasteiger partial charge in [-0.25, -0.2) is 0 Å². The van der Waals surface area contributed by atoms with Crippen LogP contribution in [0.3, 0.4) is 0 Å². The number of hydrogen-bond donors (Lipinski definition) is 2. The monoisotopic (exact) mass is 256 g/mol. The first kappa shape index (κ1) is 15.9. The molecule has 2 N–H and O–H groups in total. The number of hydrogen-bond acceptors (Lipinski definition) is 3. The first-order valence-corrected chi connectivity index (χ1v) is 7.77. The Morgan fingerprint density at radius 3 is 2.67 bits per heavy atom. The normalized spacial score (nSPS) is 28.8. The van der Waals surface area contributed by atoms with E-state index in [1.807, 2.05) is 0 Å². The van der Waals surface area contributed by atoms with Crippen LogP contribution in [0.2, 0.25) is 0 Å². The largest absolute Gasteiger partial charge is 0.395 e. The fourth-order valence-electron chi connectivity index (χ4n) is 3.15. The highest BCUT2D eigenvalue weighted by atomic mass is 16.3. The van der Waals surface area contributed by atoms with E-state index in [1.54, 1.807) is 0 Å². The molecule has 0 radical (unpaired) electrons. The average molecular weight is 256 g/mol. The van der Waals surface area contributed by atoms with Crippen molar-refractivity contribution < 1.29 is 5.11 Å². The third kappa shape index (κ3) is 5.25. The predicted molar refractivity (Wildman–Crippen MR) is 77.8 cm³/mol. The van der Waals surface area contributed by atoms with Crippen LogP contribution in [0.25, 0.3) is 0 Å². The molecule has 3 unspecified atom stereocenters. The Kier molecular flexibility index (Phi) is 7.87. The molecule has 0 amide bonds. The average Bonchev–Trinajstić information content (AvgIpc) is 2.37. The van der Waals surface area contributed by atoms with Crippen molar-refractivity contribution in [2.24, 2.45) is 11.8 Å². The molecule has 0 bridgehead atoms. The van der Waals surface area contributed by atoms with E-state index in [9.17, 15) is 0 Å². The van der Waals surface area contributed by atoms with Crippen LogP contribution < -0.4 is 5.32 Å². The second-order valence-electron chi connectivity index (χ2n) is 5.86. The lowest BCUT2D eigenvalue weighted by Gasteiger charge is -2.38. The van der Waals surface area contributed by atoms with Crippen LogP contribution in [0.1, 0.15) is 46.5 Å². The highest BCUT2D eigenvalue weighted by Gasteiger charge is 2.29. The molecule has 3 nitrogen and oxygen atoms in total. The molecule has 0 saturated heterocycles. The van der Waals surface area contributed by atoms with Gasteiger partial charge < -0.3 is 15.3 Å². The number of aliphatic hydroxyl groups excluding tert-OH is 1. The fraction of sp³-hybridized carbons (Fsp3) is 1.00. The zero-order chi connectivity index (χ0) is 13.4. The minimum absolute atomic E-state index is 0.281. The van der Waals surface area contributed by atoms with Crippen LogP contribution >= 0.6 is 0 Å². The molecule has 1 rings (SSSR count). The summed E-state index contributed by atoms with van der Waals surface area (Å²) in [7, 11) is 0. The predicted octanol–water partition coefficient (Wildman–Crippen LogP) is 2.11. The summed E-state index contributed by atoms with van der Waals surface area (Å²) in [5, 5.41) is 12.8. The topological polar surface area (TPSA) is 35.5 Å². The van der Waals surface area contributed by atoms with E-state index >= 15 is 0 Å². The third-order valence-electron chi connectivity index (χ3n) is 4.26. The van der Waals surface area contributed by atoms with Crippen LogP contribution in [0, 0.1) is 11.8 Å². The molecule has 0 aliphatic heterocycles. The maximum Gasteiger partial charge on any atom is 0.0558 e. The molecule has 3 heteroatoms. The Balaban J connectivity index is 2.49. The summed E-state index contributed by atoms with van der Waals surface area (Å²) < 4.78 is 0. The van der Waals surface area contributed by atoms with Crippen molar-refractivity contribution in [2.45, 2.75) is 52.5 Å². The molecule has 18 heavy (non-hydrogen) atoms. The summed E-state index contributed by atoms with van der Waals surface area (Å²) in [6.45, 7) is 11.2. The van der Waals surface area contributed by atoms with E-state index in [-0.39, 0.29) is 6.61 Å². The van der Waals surface area contributed by atoms with Crippen LogP contribution in [-0.2, 0) is 0 Å². The Morgan fingerprint density at radius 2 is 2.06 bits per heavy atom. The summed E-state index contributed by atoms with van der Waals surface area (Å²) in [5.74, 6) is 1.62. The van der Waals surface area contributed by atoms with Crippen LogP contribution in [-0.4, -0.2) is 48.8 Å².